The highest BCUT2D eigenvalue weighted by molar-refractivity contribution is 7.99. The maximum Gasteiger partial charge on any atom is 0.225 e. The van der Waals surface area contributed by atoms with Gasteiger partial charge in [0.25, 0.3) is 0 Å². The highest BCUT2D eigenvalue weighted by Gasteiger charge is 2.10. The Kier molecular flexibility index (Phi) is 2.66. The first-order chi connectivity index (χ1) is 8.33. The van der Waals surface area contributed by atoms with Crippen LogP contribution in [0.4, 0.5) is 0 Å². The number of pyridine rings is 1. The summed E-state index contributed by atoms with van der Waals surface area (Å²) in [5.74, 6) is 0. The fraction of sp³-hybridized carbons (Fsp3) is 0. The minimum absolute atomic E-state index is 0.183. The predicted molar refractivity (Wildman–Crippen MR) is 65.1 cm³/mol. The molecule has 0 spiro atoms. The number of nitrogens with zero attached hydrogens (tertiary/aromatic N) is 4. The van der Waals surface area contributed by atoms with E-state index < -0.39 is 0 Å². The van der Waals surface area contributed by atoms with Crippen molar-refractivity contribution in [1.82, 2.24) is 24.9 Å². The smallest absolute Gasteiger partial charge is 0.225 e. The molecule has 0 radical (unpaired) electrons. The van der Waals surface area contributed by atoms with Gasteiger partial charge in [0, 0.05) is 6.20 Å². The van der Waals surface area contributed by atoms with Crippen LogP contribution in [0.25, 0.3) is 11.2 Å². The van der Waals surface area contributed by atoms with Gasteiger partial charge < -0.3 is 4.98 Å². The second-order valence-corrected chi connectivity index (χ2v) is 4.52. The van der Waals surface area contributed by atoms with E-state index in [2.05, 4.69) is 24.9 Å². The van der Waals surface area contributed by atoms with Crippen molar-refractivity contribution >= 4 is 34.5 Å². The Labute approximate surface area is 106 Å². The summed E-state index contributed by atoms with van der Waals surface area (Å²) in [4.78, 5) is 19.5. The summed E-state index contributed by atoms with van der Waals surface area (Å²) in [7, 11) is 0. The molecule has 0 atom stereocenters. The van der Waals surface area contributed by atoms with Gasteiger partial charge in [-0.25, -0.2) is 15.0 Å². The van der Waals surface area contributed by atoms with Crippen LogP contribution in [0.2, 0.25) is 5.28 Å². The molecule has 1 N–H and O–H groups in total. The van der Waals surface area contributed by atoms with E-state index in [1.165, 1.54) is 11.8 Å². The first kappa shape index (κ1) is 10.5. The molecule has 0 aliphatic heterocycles. The lowest BCUT2D eigenvalue weighted by Gasteiger charge is -2.00. The zero-order chi connectivity index (χ0) is 11.7. The van der Waals surface area contributed by atoms with Gasteiger partial charge in [0.05, 0.1) is 6.33 Å². The quantitative estimate of drug-likeness (QED) is 0.568. The average Bonchev–Trinajstić information content (AvgIpc) is 2.78. The van der Waals surface area contributed by atoms with Crippen LogP contribution in [0.3, 0.4) is 0 Å². The van der Waals surface area contributed by atoms with Gasteiger partial charge >= 0.3 is 0 Å². The number of halogens is 1. The third-order valence-corrected chi connectivity index (χ3v) is 3.17. The topological polar surface area (TPSA) is 67.3 Å². The van der Waals surface area contributed by atoms with E-state index in [1.807, 2.05) is 18.2 Å². The zero-order valence-corrected chi connectivity index (χ0v) is 10.0. The monoisotopic (exact) mass is 263 g/mol. The van der Waals surface area contributed by atoms with E-state index >= 15 is 0 Å². The van der Waals surface area contributed by atoms with Gasteiger partial charge in [-0.1, -0.05) is 6.07 Å². The number of imidazole rings is 1. The number of rotatable bonds is 2. The number of aromatic nitrogens is 5. The number of fused-ring (bicyclic) bond motifs is 1. The largest absolute Gasteiger partial charge is 0.341 e. The Bertz CT molecular complexity index is 654. The van der Waals surface area contributed by atoms with Crippen LogP contribution in [-0.2, 0) is 0 Å². The molecule has 0 aromatic carbocycles. The van der Waals surface area contributed by atoms with Gasteiger partial charge in [-0.2, -0.15) is 4.98 Å². The Hall–Kier alpha value is -1.66. The molecular weight excluding hydrogens is 258 g/mol. The minimum Gasteiger partial charge on any atom is -0.341 e. The molecule has 3 aromatic rings. The maximum absolute atomic E-state index is 5.84. The molecular formula is C10H6ClN5S. The molecule has 0 saturated carbocycles. The molecule has 0 aliphatic carbocycles. The van der Waals surface area contributed by atoms with Crippen LogP contribution in [0.5, 0.6) is 0 Å². The molecule has 5 nitrogen and oxygen atoms in total. The highest BCUT2D eigenvalue weighted by Crippen LogP contribution is 2.29. The van der Waals surface area contributed by atoms with Crippen LogP contribution in [-0.4, -0.2) is 24.9 Å². The van der Waals surface area contributed by atoms with Gasteiger partial charge in [0.15, 0.2) is 5.65 Å². The van der Waals surface area contributed by atoms with E-state index in [1.54, 1.807) is 12.5 Å². The minimum atomic E-state index is 0.183. The van der Waals surface area contributed by atoms with Crippen molar-refractivity contribution in [1.29, 1.82) is 0 Å². The number of hydrogen-bond donors (Lipinski definition) is 1. The molecule has 0 saturated heterocycles. The SMILES string of the molecule is Clc1nc(Sc2ccccn2)c2[nH]cnc2n1. The Balaban J connectivity index is 2.08. The van der Waals surface area contributed by atoms with Crippen LogP contribution >= 0.6 is 23.4 Å². The van der Waals surface area contributed by atoms with Crippen molar-refractivity contribution in [3.8, 4) is 0 Å². The Morgan fingerprint density at radius 1 is 1.18 bits per heavy atom. The van der Waals surface area contributed by atoms with E-state index in [0.717, 1.165) is 15.6 Å². The first-order valence-corrected chi connectivity index (χ1v) is 5.98. The van der Waals surface area contributed by atoms with Crippen molar-refractivity contribution < 1.29 is 0 Å². The molecule has 0 fully saturated rings. The molecule has 17 heavy (non-hydrogen) atoms. The third kappa shape index (κ3) is 2.09. The summed E-state index contributed by atoms with van der Waals surface area (Å²) in [5.41, 5.74) is 1.33. The lowest BCUT2D eigenvalue weighted by molar-refractivity contribution is 1.07. The predicted octanol–water partition coefficient (Wildman–Crippen LogP) is 2.55. The average molecular weight is 264 g/mol. The van der Waals surface area contributed by atoms with Crippen LogP contribution in [0, 0.1) is 0 Å². The second kappa shape index (κ2) is 4.31. The lowest BCUT2D eigenvalue weighted by atomic mass is 10.5. The molecule has 0 amide bonds. The molecule has 0 aliphatic rings. The number of hydrogen-bond acceptors (Lipinski definition) is 5. The van der Waals surface area contributed by atoms with Gasteiger partial charge in [-0.15, -0.1) is 0 Å². The molecule has 84 valence electrons. The van der Waals surface area contributed by atoms with Crippen molar-refractivity contribution in [2.24, 2.45) is 0 Å². The normalized spacial score (nSPS) is 10.9. The van der Waals surface area contributed by atoms with Crippen molar-refractivity contribution in [2.45, 2.75) is 10.1 Å². The van der Waals surface area contributed by atoms with E-state index in [0.29, 0.717) is 5.65 Å². The summed E-state index contributed by atoms with van der Waals surface area (Å²) in [6.45, 7) is 0. The molecule has 3 heterocycles. The molecule has 7 heteroatoms. The number of nitrogens with one attached hydrogen (secondary N) is 1. The third-order valence-electron chi connectivity index (χ3n) is 2.06. The first-order valence-electron chi connectivity index (χ1n) is 4.78. The van der Waals surface area contributed by atoms with Gasteiger partial charge in [-0.3, -0.25) is 0 Å². The molecule has 3 aromatic heterocycles. The van der Waals surface area contributed by atoms with Crippen LogP contribution in [0.1, 0.15) is 0 Å². The maximum atomic E-state index is 5.84. The standard InChI is InChI=1S/C10H6ClN5S/c11-10-15-8-7(13-5-14-8)9(16-10)17-6-3-1-2-4-12-6/h1-5H,(H,13,14,15,16). The summed E-state index contributed by atoms with van der Waals surface area (Å²) in [5, 5.41) is 1.75. The van der Waals surface area contributed by atoms with E-state index in [-0.39, 0.29) is 5.28 Å². The Morgan fingerprint density at radius 3 is 2.94 bits per heavy atom. The zero-order valence-electron chi connectivity index (χ0n) is 8.46. The van der Waals surface area contributed by atoms with Crippen molar-refractivity contribution in [2.75, 3.05) is 0 Å². The van der Waals surface area contributed by atoms with Gasteiger partial charge in [0.1, 0.15) is 15.6 Å². The summed E-state index contributed by atoms with van der Waals surface area (Å²) >= 11 is 7.26. The Morgan fingerprint density at radius 2 is 2.12 bits per heavy atom. The van der Waals surface area contributed by atoms with E-state index in [4.69, 9.17) is 11.6 Å². The van der Waals surface area contributed by atoms with E-state index in [9.17, 15) is 0 Å². The summed E-state index contributed by atoms with van der Waals surface area (Å²) in [6.07, 6.45) is 3.30. The fourth-order valence-electron chi connectivity index (χ4n) is 1.36. The van der Waals surface area contributed by atoms with Crippen LogP contribution in [0.15, 0.2) is 40.8 Å². The van der Waals surface area contributed by atoms with Crippen molar-refractivity contribution in [3.05, 3.63) is 36.0 Å². The molecule has 0 bridgehead atoms. The number of H-pyrrole nitrogens is 1. The highest BCUT2D eigenvalue weighted by atomic mass is 35.5. The fourth-order valence-corrected chi connectivity index (χ4v) is 2.42. The summed E-state index contributed by atoms with van der Waals surface area (Å²) < 4.78 is 0. The van der Waals surface area contributed by atoms with Crippen LogP contribution < -0.4 is 0 Å². The molecule has 0 unspecified atom stereocenters. The number of aromatic amines is 1. The van der Waals surface area contributed by atoms with Gasteiger partial charge in [-0.05, 0) is 35.5 Å². The summed E-state index contributed by atoms with van der Waals surface area (Å²) in [6, 6.07) is 5.69. The van der Waals surface area contributed by atoms with Crippen molar-refractivity contribution in [3.63, 3.8) is 0 Å². The molecule has 3 rings (SSSR count). The second-order valence-electron chi connectivity index (χ2n) is 3.17. The van der Waals surface area contributed by atoms with Gasteiger partial charge in [0.2, 0.25) is 5.28 Å². The lowest BCUT2D eigenvalue weighted by Crippen LogP contribution is -1.89.